The van der Waals surface area contributed by atoms with E-state index in [2.05, 4.69) is 4.74 Å². The lowest BCUT2D eigenvalue weighted by atomic mass is 10.5. The van der Waals surface area contributed by atoms with Crippen molar-refractivity contribution in [3.8, 4) is 6.07 Å². The summed E-state index contributed by atoms with van der Waals surface area (Å²) in [6.45, 7) is -0.161. The molecule has 0 N–H and O–H groups in total. The Kier molecular flexibility index (Phi) is 3.50. The second-order valence-electron chi connectivity index (χ2n) is 0.994. The molecule has 0 spiro atoms. The van der Waals surface area contributed by atoms with E-state index in [0.29, 0.717) is 0 Å². The van der Waals surface area contributed by atoms with Crippen molar-refractivity contribution in [2.45, 2.75) is 6.42 Å². The van der Waals surface area contributed by atoms with Gasteiger partial charge in [0.2, 0.25) is 0 Å². The molecule has 44 valence electrons. The Hall–Kier alpha value is -1.11. The molecule has 0 bridgehead atoms. The Morgan fingerprint density at radius 1 is 1.88 bits per heavy atom. The summed E-state index contributed by atoms with van der Waals surface area (Å²) in [5, 5.41) is 7.82. The van der Waals surface area contributed by atoms with E-state index < -0.39 is 6.22 Å². The van der Waals surface area contributed by atoms with Crippen LogP contribution in [0.5, 0.6) is 0 Å². The molecule has 0 aromatic rings. The molecule has 3 nitrogen and oxygen atoms in total. The summed E-state index contributed by atoms with van der Waals surface area (Å²) in [7, 11) is 0. The predicted molar refractivity (Wildman–Crippen MR) is 22.7 cm³/mol. The lowest BCUT2D eigenvalue weighted by molar-refractivity contribution is 0.123. The van der Waals surface area contributed by atoms with Crippen molar-refractivity contribution in [3.05, 3.63) is 0 Å². The summed E-state index contributed by atoms with van der Waals surface area (Å²) in [5.41, 5.74) is 0. The fourth-order valence-corrected chi connectivity index (χ4v) is 0.177. The summed E-state index contributed by atoms with van der Waals surface area (Å²) < 4.78 is 14.8. The van der Waals surface area contributed by atoms with Crippen molar-refractivity contribution >= 4 is 6.22 Å². The zero-order valence-corrected chi connectivity index (χ0v) is 4.06. The molecule has 0 saturated carbocycles. The molecule has 0 aliphatic carbocycles. The minimum atomic E-state index is -1.83. The van der Waals surface area contributed by atoms with Crippen molar-refractivity contribution in [2.24, 2.45) is 0 Å². The predicted octanol–water partition coefficient (Wildman–Crippen LogP) is 1.01. The van der Waals surface area contributed by atoms with Crippen LogP contribution in [0.4, 0.5) is 9.18 Å². The molecule has 8 heavy (non-hydrogen) atoms. The summed E-state index contributed by atoms with van der Waals surface area (Å²) >= 11 is 0. The van der Waals surface area contributed by atoms with E-state index in [1.165, 1.54) is 0 Å². The molecule has 0 aromatic heterocycles. The first kappa shape index (κ1) is 6.89. The van der Waals surface area contributed by atoms with Gasteiger partial charge in [-0.3, -0.25) is 0 Å². The average molecular weight is 117 g/mol. The molecular formula is C4H4FNO2. The van der Waals surface area contributed by atoms with Gasteiger partial charge in [-0.05, 0) is 0 Å². The van der Waals surface area contributed by atoms with E-state index in [0.717, 1.165) is 0 Å². The minimum absolute atomic E-state index is 0.0374. The number of halogens is 1. The van der Waals surface area contributed by atoms with Gasteiger partial charge in [-0.15, -0.1) is 4.39 Å². The number of nitriles is 1. The highest BCUT2D eigenvalue weighted by Gasteiger charge is 1.93. The Balaban J connectivity index is 2.97. The Labute approximate surface area is 45.7 Å². The molecule has 0 rings (SSSR count). The lowest BCUT2D eigenvalue weighted by Crippen LogP contribution is -1.95. The third-order valence-corrected chi connectivity index (χ3v) is 0.429. The standard InChI is InChI=1S/C4H4FNO2/c5-4(7)8-3-1-2-6/h1,3H2. The van der Waals surface area contributed by atoms with Gasteiger partial charge in [0.1, 0.15) is 6.61 Å². The van der Waals surface area contributed by atoms with Crippen molar-refractivity contribution in [1.29, 1.82) is 5.26 Å². The third-order valence-electron chi connectivity index (χ3n) is 0.429. The van der Waals surface area contributed by atoms with Crippen molar-refractivity contribution in [1.82, 2.24) is 0 Å². The first-order chi connectivity index (χ1) is 3.77. The zero-order valence-electron chi connectivity index (χ0n) is 4.06. The molecule has 0 aliphatic rings. The number of hydrogen-bond donors (Lipinski definition) is 0. The monoisotopic (exact) mass is 117 g/mol. The van der Waals surface area contributed by atoms with Gasteiger partial charge >= 0.3 is 6.22 Å². The first-order valence-corrected chi connectivity index (χ1v) is 1.96. The smallest absolute Gasteiger partial charge is 0.439 e. The second-order valence-corrected chi connectivity index (χ2v) is 0.994. The maximum Gasteiger partial charge on any atom is 0.495 e. The zero-order chi connectivity index (χ0) is 6.41. The summed E-state index contributed by atoms with van der Waals surface area (Å²) in [6.07, 6.45) is -1.80. The highest BCUT2D eigenvalue weighted by Crippen LogP contribution is 1.83. The van der Waals surface area contributed by atoms with Crippen LogP contribution in [0.1, 0.15) is 6.42 Å². The second kappa shape index (κ2) is 4.06. The van der Waals surface area contributed by atoms with Crippen LogP contribution in [-0.2, 0) is 4.74 Å². The van der Waals surface area contributed by atoms with E-state index in [1.807, 2.05) is 0 Å². The van der Waals surface area contributed by atoms with E-state index in [4.69, 9.17) is 5.26 Å². The normalized spacial score (nSPS) is 7.50. The number of ether oxygens (including phenoxy) is 1. The molecule has 0 saturated heterocycles. The highest BCUT2D eigenvalue weighted by molar-refractivity contribution is 5.57. The molecule has 0 radical (unpaired) electrons. The van der Waals surface area contributed by atoms with E-state index >= 15 is 0 Å². The van der Waals surface area contributed by atoms with Crippen LogP contribution in [0.15, 0.2) is 0 Å². The molecule has 0 fully saturated rings. The van der Waals surface area contributed by atoms with Gasteiger partial charge in [0.15, 0.2) is 0 Å². The summed E-state index contributed by atoms with van der Waals surface area (Å²) in [4.78, 5) is 9.32. The number of carbonyl (C=O) groups excluding carboxylic acids is 1. The molecule has 4 heteroatoms. The quantitative estimate of drug-likeness (QED) is 0.400. The molecule has 0 heterocycles. The fraction of sp³-hybridized carbons (Fsp3) is 0.500. The van der Waals surface area contributed by atoms with Crippen LogP contribution < -0.4 is 0 Å². The SMILES string of the molecule is N#CCCOC(=O)F. The van der Waals surface area contributed by atoms with Crippen LogP contribution in [0.2, 0.25) is 0 Å². The van der Waals surface area contributed by atoms with Gasteiger partial charge in [0.05, 0.1) is 12.5 Å². The van der Waals surface area contributed by atoms with Crippen LogP contribution in [0, 0.1) is 11.3 Å². The van der Waals surface area contributed by atoms with Gasteiger partial charge in [-0.25, -0.2) is 4.79 Å². The lowest BCUT2D eigenvalue weighted by Gasteiger charge is -1.89. The van der Waals surface area contributed by atoms with Crippen molar-refractivity contribution < 1.29 is 13.9 Å². The minimum Gasteiger partial charge on any atom is -0.439 e. The van der Waals surface area contributed by atoms with Gasteiger partial charge in [-0.2, -0.15) is 5.26 Å². The maximum atomic E-state index is 11.1. The Morgan fingerprint density at radius 2 is 2.50 bits per heavy atom. The fourth-order valence-electron chi connectivity index (χ4n) is 0.177. The molecular weight excluding hydrogens is 113 g/mol. The van der Waals surface area contributed by atoms with Crippen LogP contribution in [0.25, 0.3) is 0 Å². The number of rotatable bonds is 2. The summed E-state index contributed by atoms with van der Waals surface area (Å²) in [5.74, 6) is 0. The summed E-state index contributed by atoms with van der Waals surface area (Å²) in [6, 6.07) is 1.68. The molecule has 0 aromatic carbocycles. The molecule has 0 unspecified atom stereocenters. The molecule has 0 aliphatic heterocycles. The average Bonchev–Trinajstić information content (AvgIpc) is 1.66. The van der Waals surface area contributed by atoms with E-state index in [9.17, 15) is 9.18 Å². The highest BCUT2D eigenvalue weighted by atomic mass is 19.1. The number of nitrogens with zero attached hydrogens (tertiary/aromatic N) is 1. The van der Waals surface area contributed by atoms with Crippen LogP contribution >= 0.6 is 0 Å². The molecule has 0 amide bonds. The van der Waals surface area contributed by atoms with Crippen molar-refractivity contribution in [2.75, 3.05) is 6.61 Å². The maximum absolute atomic E-state index is 11.1. The van der Waals surface area contributed by atoms with Gasteiger partial charge in [-0.1, -0.05) is 0 Å². The van der Waals surface area contributed by atoms with E-state index in [1.54, 1.807) is 6.07 Å². The van der Waals surface area contributed by atoms with Crippen LogP contribution in [-0.4, -0.2) is 12.8 Å². The van der Waals surface area contributed by atoms with Crippen molar-refractivity contribution in [3.63, 3.8) is 0 Å². The Morgan fingerprint density at radius 3 is 2.88 bits per heavy atom. The number of hydrogen-bond acceptors (Lipinski definition) is 3. The van der Waals surface area contributed by atoms with Gasteiger partial charge in [0.25, 0.3) is 0 Å². The number of carbonyl (C=O) groups is 1. The van der Waals surface area contributed by atoms with Gasteiger partial charge in [0, 0.05) is 0 Å². The van der Waals surface area contributed by atoms with E-state index in [-0.39, 0.29) is 13.0 Å². The first-order valence-electron chi connectivity index (χ1n) is 1.96. The third kappa shape index (κ3) is 4.89. The molecule has 0 atom stereocenters. The van der Waals surface area contributed by atoms with Gasteiger partial charge < -0.3 is 4.74 Å². The largest absolute Gasteiger partial charge is 0.495 e. The topological polar surface area (TPSA) is 50.1 Å². The van der Waals surface area contributed by atoms with Crippen LogP contribution in [0.3, 0.4) is 0 Å². The Bertz CT molecular complexity index is 118.